The van der Waals surface area contributed by atoms with Gasteiger partial charge in [-0.15, -0.1) is 0 Å². The Bertz CT molecular complexity index is 1090. The molecule has 0 aliphatic carbocycles. The summed E-state index contributed by atoms with van der Waals surface area (Å²) in [5.41, 5.74) is 1.74. The fourth-order valence-corrected chi connectivity index (χ4v) is 3.60. The smallest absolute Gasteiger partial charge is 0.292 e. The molecule has 30 heavy (non-hydrogen) atoms. The summed E-state index contributed by atoms with van der Waals surface area (Å²) in [5, 5.41) is 3.80. The SMILES string of the molecule is CCN(CC)C(=O)Cn1cc(C(=O)C(=O)NCc2ccccc2Cl)c2ccccc21. The van der Waals surface area contributed by atoms with E-state index in [9.17, 15) is 14.4 Å². The van der Waals surface area contributed by atoms with Crippen LogP contribution in [0.25, 0.3) is 10.9 Å². The summed E-state index contributed by atoms with van der Waals surface area (Å²) < 4.78 is 1.73. The molecule has 7 heteroatoms. The van der Waals surface area contributed by atoms with Gasteiger partial charge < -0.3 is 14.8 Å². The molecule has 0 unspecified atom stereocenters. The van der Waals surface area contributed by atoms with Crippen LogP contribution in [0.2, 0.25) is 5.02 Å². The van der Waals surface area contributed by atoms with Crippen LogP contribution < -0.4 is 5.32 Å². The summed E-state index contributed by atoms with van der Waals surface area (Å²) in [6.07, 6.45) is 1.59. The van der Waals surface area contributed by atoms with Crippen LogP contribution in [0, 0.1) is 0 Å². The van der Waals surface area contributed by atoms with Crippen LogP contribution in [0.15, 0.2) is 54.7 Å². The molecule has 0 aliphatic rings. The van der Waals surface area contributed by atoms with Crippen molar-refractivity contribution < 1.29 is 14.4 Å². The number of Topliss-reactive ketones (excluding diaryl/α,β-unsaturated/α-hetero) is 1. The van der Waals surface area contributed by atoms with Crippen molar-refractivity contribution in [3.8, 4) is 0 Å². The van der Waals surface area contributed by atoms with Gasteiger partial charge in [-0.1, -0.05) is 48.0 Å². The third-order valence-electron chi connectivity index (χ3n) is 5.06. The molecule has 2 aromatic carbocycles. The number of hydrogen-bond acceptors (Lipinski definition) is 3. The Kier molecular flexibility index (Phi) is 6.90. The van der Waals surface area contributed by atoms with Gasteiger partial charge in [-0.3, -0.25) is 14.4 Å². The predicted molar refractivity (Wildman–Crippen MR) is 117 cm³/mol. The number of rotatable bonds is 8. The number of likely N-dealkylation sites (N-methyl/N-ethyl adjacent to an activating group) is 1. The third kappa shape index (κ3) is 4.54. The zero-order valence-electron chi connectivity index (χ0n) is 17.0. The van der Waals surface area contributed by atoms with Gasteiger partial charge in [0.05, 0.1) is 5.56 Å². The van der Waals surface area contributed by atoms with E-state index in [0.29, 0.717) is 23.5 Å². The molecule has 3 rings (SSSR count). The van der Waals surface area contributed by atoms with Crippen molar-refractivity contribution in [3.63, 3.8) is 0 Å². The summed E-state index contributed by atoms with van der Waals surface area (Å²) in [7, 11) is 0. The zero-order chi connectivity index (χ0) is 21.7. The normalized spacial score (nSPS) is 10.8. The van der Waals surface area contributed by atoms with Crippen molar-refractivity contribution in [3.05, 3.63) is 70.9 Å². The number of aromatic nitrogens is 1. The number of nitrogens with one attached hydrogen (secondary N) is 1. The van der Waals surface area contributed by atoms with Gasteiger partial charge in [0, 0.05) is 41.8 Å². The number of hydrogen-bond donors (Lipinski definition) is 1. The van der Waals surface area contributed by atoms with E-state index < -0.39 is 11.7 Å². The third-order valence-corrected chi connectivity index (χ3v) is 5.43. The molecule has 156 valence electrons. The van der Waals surface area contributed by atoms with Gasteiger partial charge in [0.15, 0.2) is 0 Å². The highest BCUT2D eigenvalue weighted by Crippen LogP contribution is 2.22. The van der Waals surface area contributed by atoms with Gasteiger partial charge >= 0.3 is 0 Å². The number of ketones is 1. The summed E-state index contributed by atoms with van der Waals surface area (Å²) in [6.45, 7) is 5.34. The average molecular weight is 426 g/mol. The maximum Gasteiger partial charge on any atom is 0.292 e. The first-order valence-electron chi connectivity index (χ1n) is 9.87. The summed E-state index contributed by atoms with van der Waals surface area (Å²) >= 11 is 6.11. The lowest BCUT2D eigenvalue weighted by atomic mass is 10.1. The molecular weight excluding hydrogens is 402 g/mol. The lowest BCUT2D eigenvalue weighted by molar-refractivity contribution is -0.131. The maximum atomic E-state index is 12.9. The van der Waals surface area contributed by atoms with Crippen LogP contribution >= 0.6 is 11.6 Å². The number of carbonyl (C=O) groups excluding carboxylic acids is 3. The Morgan fingerprint density at radius 2 is 1.67 bits per heavy atom. The van der Waals surface area contributed by atoms with Crippen molar-refractivity contribution in [2.75, 3.05) is 13.1 Å². The van der Waals surface area contributed by atoms with E-state index in [1.165, 1.54) is 0 Å². The second-order valence-electron chi connectivity index (χ2n) is 6.86. The molecule has 3 aromatic rings. The Balaban J connectivity index is 1.83. The van der Waals surface area contributed by atoms with Crippen LogP contribution in [-0.4, -0.2) is 40.2 Å². The molecule has 2 amide bonds. The van der Waals surface area contributed by atoms with Gasteiger partial charge in [-0.05, 0) is 31.5 Å². The van der Waals surface area contributed by atoms with Crippen molar-refractivity contribution in [1.29, 1.82) is 0 Å². The zero-order valence-corrected chi connectivity index (χ0v) is 17.8. The monoisotopic (exact) mass is 425 g/mol. The molecule has 0 saturated carbocycles. The van der Waals surface area contributed by atoms with Crippen LogP contribution in [0.5, 0.6) is 0 Å². The van der Waals surface area contributed by atoms with E-state index in [0.717, 1.165) is 11.1 Å². The Labute approximate surface area is 180 Å². The fourth-order valence-electron chi connectivity index (χ4n) is 3.40. The van der Waals surface area contributed by atoms with Crippen LogP contribution in [0.1, 0.15) is 29.8 Å². The first-order chi connectivity index (χ1) is 14.5. The van der Waals surface area contributed by atoms with Crippen LogP contribution in [0.4, 0.5) is 0 Å². The minimum atomic E-state index is -0.715. The Hall–Kier alpha value is -3.12. The largest absolute Gasteiger partial charge is 0.345 e. The number of fused-ring (bicyclic) bond motifs is 1. The molecule has 0 aliphatic heterocycles. The molecule has 0 spiro atoms. The lowest BCUT2D eigenvalue weighted by Gasteiger charge is -2.19. The number of halogens is 1. The van der Waals surface area contributed by atoms with Gasteiger partial charge in [0.2, 0.25) is 5.91 Å². The first kappa shape index (κ1) is 21.6. The highest BCUT2D eigenvalue weighted by atomic mass is 35.5. The lowest BCUT2D eigenvalue weighted by Crippen LogP contribution is -2.33. The van der Waals surface area contributed by atoms with Crippen molar-refractivity contribution in [2.24, 2.45) is 0 Å². The summed E-state index contributed by atoms with van der Waals surface area (Å²) in [6, 6.07) is 14.4. The first-order valence-corrected chi connectivity index (χ1v) is 10.3. The maximum absolute atomic E-state index is 12.9. The number of para-hydroxylation sites is 1. The van der Waals surface area contributed by atoms with Crippen LogP contribution in [-0.2, 0) is 22.7 Å². The fraction of sp³-hybridized carbons (Fsp3) is 0.261. The number of nitrogens with zero attached hydrogens (tertiary/aromatic N) is 2. The number of benzene rings is 2. The minimum Gasteiger partial charge on any atom is -0.345 e. The van der Waals surface area contributed by atoms with E-state index in [1.807, 2.05) is 32.0 Å². The molecule has 0 atom stereocenters. The Morgan fingerprint density at radius 1 is 1.00 bits per heavy atom. The predicted octanol–water partition coefficient (Wildman–Crippen LogP) is 3.66. The van der Waals surface area contributed by atoms with Gasteiger partial charge in [0.25, 0.3) is 11.7 Å². The van der Waals surface area contributed by atoms with Crippen molar-refractivity contribution >= 4 is 40.1 Å². The summed E-state index contributed by atoms with van der Waals surface area (Å²) in [4.78, 5) is 39.7. The average Bonchev–Trinajstić information content (AvgIpc) is 3.11. The van der Waals surface area contributed by atoms with E-state index in [2.05, 4.69) is 5.32 Å². The quantitative estimate of drug-likeness (QED) is 0.442. The molecule has 0 fully saturated rings. The highest BCUT2D eigenvalue weighted by Gasteiger charge is 2.22. The Morgan fingerprint density at radius 3 is 2.37 bits per heavy atom. The molecular formula is C23H24ClN3O3. The molecule has 0 bridgehead atoms. The molecule has 0 saturated heterocycles. The number of carbonyl (C=O) groups is 3. The van der Waals surface area contributed by atoms with Crippen molar-refractivity contribution in [1.82, 2.24) is 14.8 Å². The van der Waals surface area contributed by atoms with Gasteiger partial charge in [0.1, 0.15) is 6.54 Å². The van der Waals surface area contributed by atoms with E-state index in [-0.39, 0.29) is 24.6 Å². The topological polar surface area (TPSA) is 71.4 Å². The van der Waals surface area contributed by atoms with Crippen molar-refractivity contribution in [2.45, 2.75) is 26.9 Å². The molecule has 1 aromatic heterocycles. The number of amides is 2. The summed E-state index contributed by atoms with van der Waals surface area (Å²) in [5.74, 6) is -1.40. The van der Waals surface area contributed by atoms with Gasteiger partial charge in [-0.25, -0.2) is 0 Å². The van der Waals surface area contributed by atoms with Crippen LogP contribution in [0.3, 0.4) is 0 Å². The molecule has 6 nitrogen and oxygen atoms in total. The van der Waals surface area contributed by atoms with Gasteiger partial charge in [-0.2, -0.15) is 0 Å². The highest BCUT2D eigenvalue weighted by molar-refractivity contribution is 6.45. The van der Waals surface area contributed by atoms with E-state index in [1.54, 1.807) is 46.0 Å². The minimum absolute atomic E-state index is 0.0390. The molecule has 1 N–H and O–H groups in total. The second kappa shape index (κ2) is 9.59. The molecule has 0 radical (unpaired) electrons. The molecule has 1 heterocycles. The standard InChI is InChI=1S/C23H24ClN3O3/c1-3-26(4-2)21(28)15-27-14-18(17-10-6-8-12-20(17)27)22(29)23(30)25-13-16-9-5-7-11-19(16)24/h5-12,14H,3-4,13,15H2,1-2H3,(H,25,30). The van der Waals surface area contributed by atoms with E-state index >= 15 is 0 Å². The second-order valence-corrected chi connectivity index (χ2v) is 7.26. The van der Waals surface area contributed by atoms with E-state index in [4.69, 9.17) is 11.6 Å².